The molecular formula is C22H26N2O3S2. The van der Waals surface area contributed by atoms with Gasteiger partial charge in [-0.25, -0.2) is 4.98 Å². The molecule has 0 radical (unpaired) electrons. The van der Waals surface area contributed by atoms with Crippen LogP contribution in [-0.4, -0.2) is 27.5 Å². The average Bonchev–Trinajstić information content (AvgIpc) is 3.05. The van der Waals surface area contributed by atoms with Gasteiger partial charge >= 0.3 is 0 Å². The number of rotatable bonds is 5. The number of benzene rings is 1. The second-order valence-corrected chi connectivity index (χ2v) is 10.5. The van der Waals surface area contributed by atoms with Crippen molar-refractivity contribution in [1.82, 2.24) is 9.55 Å². The molecule has 1 aliphatic rings. The van der Waals surface area contributed by atoms with Crippen LogP contribution in [0.5, 0.6) is 5.75 Å². The summed E-state index contributed by atoms with van der Waals surface area (Å²) >= 11 is 3.20. The fourth-order valence-corrected chi connectivity index (χ4v) is 5.59. The number of aromatic nitrogens is 2. The molecule has 0 amide bonds. The predicted molar refractivity (Wildman–Crippen MR) is 120 cm³/mol. The molecule has 7 heteroatoms. The van der Waals surface area contributed by atoms with Crippen LogP contribution in [0.25, 0.3) is 15.9 Å². The standard InChI is InChI=1S/C22H26N2O3S2/c1-6-22(4)11-16-17(12-27-22)29-19-18(16)20(25)24(21(23-19)28-13(2)3)14-7-9-15(26-5)10-8-14/h7-10,13H,6,11-12H2,1-5H3/t22-/m0/s1. The zero-order valence-corrected chi connectivity index (χ0v) is 19.1. The summed E-state index contributed by atoms with van der Waals surface area (Å²) in [5.74, 6) is 0.762. The van der Waals surface area contributed by atoms with Gasteiger partial charge in [0.2, 0.25) is 0 Å². The van der Waals surface area contributed by atoms with Crippen molar-refractivity contribution in [3.63, 3.8) is 0 Å². The van der Waals surface area contributed by atoms with Crippen molar-refractivity contribution in [2.45, 2.75) is 63.2 Å². The highest BCUT2D eigenvalue weighted by molar-refractivity contribution is 7.99. The monoisotopic (exact) mass is 430 g/mol. The quantitative estimate of drug-likeness (QED) is 0.411. The van der Waals surface area contributed by atoms with Crippen LogP contribution in [-0.2, 0) is 17.8 Å². The van der Waals surface area contributed by atoms with Crippen molar-refractivity contribution in [2.24, 2.45) is 0 Å². The third kappa shape index (κ3) is 3.71. The number of hydrogen-bond donors (Lipinski definition) is 0. The summed E-state index contributed by atoms with van der Waals surface area (Å²) in [5.41, 5.74) is 1.69. The first-order chi connectivity index (χ1) is 13.8. The van der Waals surface area contributed by atoms with Gasteiger partial charge in [0.05, 0.1) is 30.4 Å². The third-order valence-electron chi connectivity index (χ3n) is 5.40. The maximum absolute atomic E-state index is 13.8. The van der Waals surface area contributed by atoms with Crippen molar-refractivity contribution in [3.8, 4) is 11.4 Å². The normalized spacial score (nSPS) is 19.0. The van der Waals surface area contributed by atoms with Gasteiger partial charge < -0.3 is 9.47 Å². The first-order valence-electron chi connectivity index (χ1n) is 9.87. The van der Waals surface area contributed by atoms with Crippen molar-refractivity contribution < 1.29 is 9.47 Å². The Morgan fingerprint density at radius 1 is 1.34 bits per heavy atom. The van der Waals surface area contributed by atoms with E-state index < -0.39 is 0 Å². The predicted octanol–water partition coefficient (Wildman–Crippen LogP) is 5.20. The van der Waals surface area contributed by atoms with Crippen LogP contribution >= 0.6 is 23.1 Å². The minimum Gasteiger partial charge on any atom is -0.497 e. The highest BCUT2D eigenvalue weighted by atomic mass is 32.2. The molecule has 1 aliphatic heterocycles. The minimum atomic E-state index is -0.232. The van der Waals surface area contributed by atoms with Crippen LogP contribution in [0.4, 0.5) is 0 Å². The molecule has 0 saturated carbocycles. The number of thioether (sulfide) groups is 1. The van der Waals surface area contributed by atoms with E-state index in [1.807, 2.05) is 24.3 Å². The highest BCUT2D eigenvalue weighted by Gasteiger charge is 2.33. The van der Waals surface area contributed by atoms with Crippen molar-refractivity contribution >= 4 is 33.3 Å². The van der Waals surface area contributed by atoms with E-state index in [9.17, 15) is 4.79 Å². The van der Waals surface area contributed by atoms with E-state index in [1.54, 1.807) is 34.8 Å². The molecule has 0 bridgehead atoms. The van der Waals surface area contributed by atoms with Gasteiger partial charge in [-0.1, -0.05) is 32.5 Å². The molecule has 2 aromatic heterocycles. The Morgan fingerprint density at radius 2 is 2.07 bits per heavy atom. The van der Waals surface area contributed by atoms with Crippen LogP contribution in [0, 0.1) is 0 Å². The molecule has 1 atom stereocenters. The molecule has 29 heavy (non-hydrogen) atoms. The first-order valence-corrected chi connectivity index (χ1v) is 11.6. The molecule has 3 heterocycles. The molecule has 0 fully saturated rings. The summed E-state index contributed by atoms with van der Waals surface area (Å²) in [6.45, 7) is 9.02. The summed E-state index contributed by atoms with van der Waals surface area (Å²) in [4.78, 5) is 20.6. The van der Waals surface area contributed by atoms with Crippen LogP contribution in [0.1, 0.15) is 44.6 Å². The zero-order chi connectivity index (χ0) is 20.8. The van der Waals surface area contributed by atoms with Crippen LogP contribution in [0.15, 0.2) is 34.2 Å². The average molecular weight is 431 g/mol. The molecule has 4 rings (SSSR count). The number of thiophene rings is 1. The number of hydrogen-bond acceptors (Lipinski definition) is 6. The smallest absolute Gasteiger partial charge is 0.267 e. The maximum Gasteiger partial charge on any atom is 0.267 e. The molecule has 1 aromatic carbocycles. The van der Waals surface area contributed by atoms with Crippen LogP contribution in [0.2, 0.25) is 0 Å². The fraction of sp³-hybridized carbons (Fsp3) is 0.455. The Bertz CT molecular complexity index is 1100. The largest absolute Gasteiger partial charge is 0.497 e. The molecule has 0 aliphatic carbocycles. The van der Waals surface area contributed by atoms with Crippen molar-refractivity contribution in [1.29, 1.82) is 0 Å². The van der Waals surface area contributed by atoms with E-state index in [0.717, 1.165) is 50.1 Å². The number of ether oxygens (including phenoxy) is 2. The molecule has 3 aromatic rings. The molecule has 5 nitrogen and oxygen atoms in total. The second-order valence-electron chi connectivity index (χ2n) is 7.85. The SMILES string of the molecule is CC[C@@]1(C)Cc2c(sc3nc(SC(C)C)n(-c4ccc(OC)cc4)c(=O)c23)CO1. The van der Waals surface area contributed by atoms with Gasteiger partial charge in [-0.15, -0.1) is 11.3 Å². The maximum atomic E-state index is 13.8. The third-order valence-corrected chi connectivity index (χ3v) is 7.46. The van der Waals surface area contributed by atoms with Gasteiger partial charge in [0.15, 0.2) is 5.16 Å². The minimum absolute atomic E-state index is 0.00108. The molecule has 154 valence electrons. The summed E-state index contributed by atoms with van der Waals surface area (Å²) in [6.07, 6.45) is 1.65. The van der Waals surface area contributed by atoms with E-state index >= 15 is 0 Å². The Hall–Kier alpha value is -1.83. The molecule has 0 unspecified atom stereocenters. The number of methoxy groups -OCH3 is 1. The summed E-state index contributed by atoms with van der Waals surface area (Å²) in [5, 5.41) is 1.78. The lowest BCUT2D eigenvalue weighted by Crippen LogP contribution is -2.34. The Morgan fingerprint density at radius 3 is 2.69 bits per heavy atom. The van der Waals surface area contributed by atoms with E-state index in [4.69, 9.17) is 14.5 Å². The van der Waals surface area contributed by atoms with Crippen LogP contribution < -0.4 is 10.3 Å². The second kappa shape index (κ2) is 7.78. The highest BCUT2D eigenvalue weighted by Crippen LogP contribution is 2.39. The molecule has 0 saturated heterocycles. The Labute approximate surface area is 179 Å². The summed E-state index contributed by atoms with van der Waals surface area (Å²) in [7, 11) is 1.64. The van der Waals surface area contributed by atoms with E-state index in [-0.39, 0.29) is 11.2 Å². The van der Waals surface area contributed by atoms with E-state index in [2.05, 4.69) is 27.7 Å². The van der Waals surface area contributed by atoms with Gasteiger partial charge in [-0.2, -0.15) is 0 Å². The van der Waals surface area contributed by atoms with E-state index in [1.165, 1.54) is 0 Å². The summed E-state index contributed by atoms with van der Waals surface area (Å²) in [6, 6.07) is 7.58. The number of fused-ring (bicyclic) bond motifs is 3. The molecule has 0 N–H and O–H groups in total. The Kier molecular flexibility index (Phi) is 5.48. The van der Waals surface area contributed by atoms with Gasteiger partial charge in [-0.05, 0) is 43.2 Å². The van der Waals surface area contributed by atoms with Crippen LogP contribution in [0.3, 0.4) is 0 Å². The van der Waals surface area contributed by atoms with Gasteiger partial charge in [0, 0.05) is 16.5 Å². The van der Waals surface area contributed by atoms with Crippen molar-refractivity contribution in [2.75, 3.05) is 7.11 Å². The topological polar surface area (TPSA) is 53.4 Å². The molecular weight excluding hydrogens is 404 g/mol. The van der Waals surface area contributed by atoms with Gasteiger partial charge in [-0.3, -0.25) is 9.36 Å². The lowest BCUT2D eigenvalue weighted by molar-refractivity contribution is -0.0543. The Balaban J connectivity index is 1.96. The summed E-state index contributed by atoms with van der Waals surface area (Å²) < 4.78 is 13.1. The lowest BCUT2D eigenvalue weighted by Gasteiger charge is -2.32. The lowest BCUT2D eigenvalue weighted by atomic mass is 9.90. The molecule has 0 spiro atoms. The van der Waals surface area contributed by atoms with Gasteiger partial charge in [0.25, 0.3) is 5.56 Å². The van der Waals surface area contributed by atoms with Gasteiger partial charge in [0.1, 0.15) is 10.6 Å². The first kappa shape index (κ1) is 20.4. The fourth-order valence-electron chi connectivity index (χ4n) is 3.58. The zero-order valence-electron chi connectivity index (χ0n) is 17.4. The number of nitrogens with zero attached hydrogens (tertiary/aromatic N) is 2. The van der Waals surface area contributed by atoms with E-state index in [0.29, 0.717) is 11.9 Å². The van der Waals surface area contributed by atoms with Crippen molar-refractivity contribution in [3.05, 3.63) is 45.1 Å².